The third-order valence-electron chi connectivity index (χ3n) is 2.96. The predicted octanol–water partition coefficient (Wildman–Crippen LogP) is 1.57. The summed E-state index contributed by atoms with van der Waals surface area (Å²) in [6, 6.07) is 0. The van der Waals surface area contributed by atoms with Crippen molar-refractivity contribution in [2.24, 2.45) is 0 Å². The van der Waals surface area contributed by atoms with Crippen LogP contribution >= 0.6 is 0 Å². The highest BCUT2D eigenvalue weighted by Gasteiger charge is 2.24. The average Bonchev–Trinajstić information content (AvgIpc) is 2.52. The number of amides is 1. The minimum Gasteiger partial charge on any atom is -0.478 e. The van der Waals surface area contributed by atoms with Crippen molar-refractivity contribution in [3.05, 3.63) is 12.2 Å². The lowest BCUT2D eigenvalue weighted by atomic mass is 10.2. The quantitative estimate of drug-likeness (QED) is 0.797. The first-order valence-electron chi connectivity index (χ1n) is 6.80. The molecule has 0 spiro atoms. The number of hydrogen-bond acceptors (Lipinski definition) is 4. The molecule has 0 saturated carbocycles. The van der Waals surface area contributed by atoms with E-state index >= 15 is 0 Å². The molecular formula is C14H24N2O4. The molecule has 114 valence electrons. The van der Waals surface area contributed by atoms with Crippen LogP contribution in [0.3, 0.4) is 0 Å². The molecule has 0 aromatic carbocycles. The summed E-state index contributed by atoms with van der Waals surface area (Å²) in [4.78, 5) is 26.4. The van der Waals surface area contributed by atoms with Gasteiger partial charge < -0.3 is 14.7 Å². The summed E-state index contributed by atoms with van der Waals surface area (Å²) in [5.74, 6) is -0.974. The molecule has 0 unspecified atom stereocenters. The number of carboxylic acids is 1. The minimum atomic E-state index is -0.974. The van der Waals surface area contributed by atoms with Crippen LogP contribution in [-0.2, 0) is 9.53 Å². The van der Waals surface area contributed by atoms with Crippen LogP contribution in [0.5, 0.6) is 0 Å². The normalized spacial score (nSPS) is 17.4. The van der Waals surface area contributed by atoms with Gasteiger partial charge in [-0.25, -0.2) is 9.59 Å². The number of hydrogen-bond donors (Lipinski definition) is 1. The number of ether oxygens (including phenoxy) is 1. The second kappa shape index (κ2) is 6.74. The van der Waals surface area contributed by atoms with Crippen LogP contribution in [-0.4, -0.2) is 65.3 Å². The van der Waals surface area contributed by atoms with E-state index in [2.05, 4.69) is 6.58 Å². The number of carbonyl (C=O) groups is 2. The fraction of sp³-hybridized carbons (Fsp3) is 0.714. The van der Waals surface area contributed by atoms with Gasteiger partial charge in [-0.2, -0.15) is 0 Å². The maximum atomic E-state index is 12.0. The van der Waals surface area contributed by atoms with E-state index in [1.165, 1.54) is 0 Å². The predicted molar refractivity (Wildman–Crippen MR) is 75.6 cm³/mol. The van der Waals surface area contributed by atoms with Crippen molar-refractivity contribution in [3.63, 3.8) is 0 Å². The third-order valence-corrected chi connectivity index (χ3v) is 2.96. The van der Waals surface area contributed by atoms with Crippen LogP contribution in [0.4, 0.5) is 4.79 Å². The lowest BCUT2D eigenvalue weighted by Gasteiger charge is -2.26. The summed E-state index contributed by atoms with van der Waals surface area (Å²) < 4.78 is 5.34. The largest absolute Gasteiger partial charge is 0.478 e. The summed E-state index contributed by atoms with van der Waals surface area (Å²) in [5, 5.41) is 8.84. The number of carboxylic acid groups (broad SMARTS) is 1. The van der Waals surface area contributed by atoms with Gasteiger partial charge in [0.2, 0.25) is 0 Å². The van der Waals surface area contributed by atoms with Crippen molar-refractivity contribution >= 4 is 12.1 Å². The Morgan fingerprint density at radius 3 is 2.40 bits per heavy atom. The lowest BCUT2D eigenvalue weighted by molar-refractivity contribution is -0.132. The van der Waals surface area contributed by atoms with Gasteiger partial charge >= 0.3 is 12.1 Å². The van der Waals surface area contributed by atoms with E-state index < -0.39 is 11.6 Å². The molecule has 0 radical (unpaired) electrons. The molecule has 20 heavy (non-hydrogen) atoms. The highest BCUT2D eigenvalue weighted by Crippen LogP contribution is 2.12. The van der Waals surface area contributed by atoms with E-state index in [1.807, 2.05) is 25.7 Å². The SMILES string of the molecule is C=C(CN1CCCN(C(=O)OC(C)(C)C)CC1)C(=O)O. The van der Waals surface area contributed by atoms with Crippen LogP contribution in [0.15, 0.2) is 12.2 Å². The van der Waals surface area contributed by atoms with E-state index in [0.29, 0.717) is 26.2 Å². The average molecular weight is 284 g/mol. The van der Waals surface area contributed by atoms with Gasteiger partial charge in [0, 0.05) is 38.3 Å². The van der Waals surface area contributed by atoms with Gasteiger partial charge in [-0.3, -0.25) is 4.90 Å². The maximum absolute atomic E-state index is 12.0. The van der Waals surface area contributed by atoms with Crippen molar-refractivity contribution in [1.82, 2.24) is 9.80 Å². The van der Waals surface area contributed by atoms with Crippen molar-refractivity contribution in [2.75, 3.05) is 32.7 Å². The lowest BCUT2D eigenvalue weighted by Crippen LogP contribution is -2.39. The third kappa shape index (κ3) is 5.61. The van der Waals surface area contributed by atoms with Gasteiger partial charge in [0.15, 0.2) is 0 Å². The van der Waals surface area contributed by atoms with Crippen LogP contribution < -0.4 is 0 Å². The van der Waals surface area contributed by atoms with Crippen LogP contribution in [0.25, 0.3) is 0 Å². The Kier molecular flexibility index (Phi) is 5.56. The topological polar surface area (TPSA) is 70.1 Å². The van der Waals surface area contributed by atoms with E-state index in [4.69, 9.17) is 9.84 Å². The molecule has 6 nitrogen and oxygen atoms in total. The Bertz CT molecular complexity index is 387. The van der Waals surface area contributed by atoms with E-state index in [-0.39, 0.29) is 11.7 Å². The first-order valence-corrected chi connectivity index (χ1v) is 6.80. The monoisotopic (exact) mass is 284 g/mol. The number of aliphatic carboxylic acids is 1. The summed E-state index contributed by atoms with van der Waals surface area (Å²) in [6.07, 6.45) is 0.489. The second-order valence-corrected chi connectivity index (χ2v) is 6.01. The smallest absolute Gasteiger partial charge is 0.410 e. The molecule has 0 atom stereocenters. The number of rotatable bonds is 3. The van der Waals surface area contributed by atoms with Crippen LogP contribution in [0.2, 0.25) is 0 Å². The van der Waals surface area contributed by atoms with Crippen molar-refractivity contribution < 1.29 is 19.4 Å². The summed E-state index contributed by atoms with van der Waals surface area (Å²) in [6.45, 7) is 11.9. The standard InChI is InChI=1S/C14H24N2O4/c1-11(12(17)18)10-15-6-5-7-16(9-8-15)13(19)20-14(2,3)4/h1,5-10H2,2-4H3,(H,17,18). The van der Waals surface area contributed by atoms with Crippen LogP contribution in [0.1, 0.15) is 27.2 Å². The molecule has 1 fully saturated rings. The molecule has 1 saturated heterocycles. The second-order valence-electron chi connectivity index (χ2n) is 6.01. The Balaban J connectivity index is 2.49. The molecule has 6 heteroatoms. The van der Waals surface area contributed by atoms with Gasteiger partial charge in [0.1, 0.15) is 5.60 Å². The molecular weight excluding hydrogens is 260 g/mol. The van der Waals surface area contributed by atoms with Crippen molar-refractivity contribution in [3.8, 4) is 0 Å². The number of carbonyl (C=O) groups excluding carboxylic acids is 1. The molecule has 0 aliphatic carbocycles. The molecule has 0 aromatic rings. The van der Waals surface area contributed by atoms with Crippen molar-refractivity contribution in [2.45, 2.75) is 32.8 Å². The zero-order valence-electron chi connectivity index (χ0n) is 12.5. The Morgan fingerprint density at radius 1 is 1.20 bits per heavy atom. The van der Waals surface area contributed by atoms with Gasteiger partial charge in [-0.1, -0.05) is 6.58 Å². The van der Waals surface area contributed by atoms with Crippen LogP contribution in [0, 0.1) is 0 Å². The van der Waals surface area contributed by atoms with Crippen molar-refractivity contribution in [1.29, 1.82) is 0 Å². The summed E-state index contributed by atoms with van der Waals surface area (Å²) >= 11 is 0. The maximum Gasteiger partial charge on any atom is 0.410 e. The van der Waals surface area contributed by atoms with Gasteiger partial charge in [0.05, 0.1) is 0 Å². The highest BCUT2D eigenvalue weighted by atomic mass is 16.6. The molecule has 1 amide bonds. The molecule has 1 rings (SSSR count). The highest BCUT2D eigenvalue weighted by molar-refractivity contribution is 5.86. The van der Waals surface area contributed by atoms with Gasteiger partial charge in [-0.05, 0) is 27.2 Å². The van der Waals surface area contributed by atoms with Gasteiger partial charge in [0.25, 0.3) is 0 Å². The Morgan fingerprint density at radius 2 is 1.85 bits per heavy atom. The first kappa shape index (κ1) is 16.5. The molecule has 1 heterocycles. The zero-order chi connectivity index (χ0) is 15.3. The summed E-state index contributed by atoms with van der Waals surface area (Å²) in [5.41, 5.74) is -0.323. The number of nitrogens with zero attached hydrogens (tertiary/aromatic N) is 2. The zero-order valence-corrected chi connectivity index (χ0v) is 12.5. The molecule has 1 aliphatic rings. The molecule has 1 aliphatic heterocycles. The summed E-state index contributed by atoms with van der Waals surface area (Å²) in [7, 11) is 0. The van der Waals surface area contributed by atoms with Gasteiger partial charge in [-0.15, -0.1) is 0 Å². The Labute approximate surface area is 120 Å². The van der Waals surface area contributed by atoms with E-state index in [0.717, 1.165) is 13.0 Å². The molecule has 0 bridgehead atoms. The van der Waals surface area contributed by atoms with E-state index in [9.17, 15) is 9.59 Å². The Hall–Kier alpha value is -1.56. The molecule has 1 N–H and O–H groups in total. The fourth-order valence-electron chi connectivity index (χ4n) is 1.98. The molecule has 0 aromatic heterocycles. The minimum absolute atomic E-state index is 0.177. The fourth-order valence-corrected chi connectivity index (χ4v) is 1.98. The van der Waals surface area contributed by atoms with E-state index in [1.54, 1.807) is 4.90 Å². The first-order chi connectivity index (χ1) is 9.19.